The Bertz CT molecular complexity index is 3480. The molecule has 13 aromatic rings. The van der Waals surface area contributed by atoms with Crippen LogP contribution in [0.1, 0.15) is 0 Å². The van der Waals surface area contributed by atoms with Crippen molar-refractivity contribution in [2.24, 2.45) is 0 Å². The average molecular weight is 691 g/mol. The number of hydrogen-bond donors (Lipinski definition) is 0. The van der Waals surface area contributed by atoms with E-state index in [1.165, 1.54) is 21.5 Å². The van der Waals surface area contributed by atoms with Gasteiger partial charge in [0, 0.05) is 54.2 Å². The van der Waals surface area contributed by atoms with Crippen molar-refractivity contribution < 1.29 is 17.7 Å². The minimum absolute atomic E-state index is 0.793. The second-order valence-corrected chi connectivity index (χ2v) is 14.3. The number of fused-ring (bicyclic) bond motifs is 16. The number of rotatable bonds is 2. The molecule has 0 spiro atoms. The molecule has 0 unspecified atom stereocenters. The smallest absolute Gasteiger partial charge is 0.144 e. The summed E-state index contributed by atoms with van der Waals surface area (Å²) in [5, 5.41) is 12.9. The molecule has 4 heterocycles. The zero-order valence-corrected chi connectivity index (χ0v) is 28.6. The molecular weight excluding hydrogens is 665 g/mol. The molecule has 13 rings (SSSR count). The maximum atomic E-state index is 6.89. The Hall–Kier alpha value is -7.30. The van der Waals surface area contributed by atoms with E-state index in [9.17, 15) is 0 Å². The molecule has 250 valence electrons. The zero-order chi connectivity index (χ0) is 35.1. The van der Waals surface area contributed by atoms with E-state index in [1.807, 2.05) is 24.3 Å². The van der Waals surface area contributed by atoms with Gasteiger partial charge in [-0.2, -0.15) is 0 Å². The van der Waals surface area contributed by atoms with Crippen molar-refractivity contribution in [3.8, 4) is 22.3 Å². The zero-order valence-electron chi connectivity index (χ0n) is 28.6. The normalized spacial score (nSPS) is 12.4. The lowest BCUT2D eigenvalue weighted by molar-refractivity contribution is 0.661. The molecule has 4 heteroatoms. The van der Waals surface area contributed by atoms with Crippen LogP contribution >= 0.6 is 0 Å². The van der Waals surface area contributed by atoms with Crippen LogP contribution in [0.15, 0.2) is 175 Å². The van der Waals surface area contributed by atoms with Crippen LogP contribution in [0, 0.1) is 0 Å². The van der Waals surface area contributed by atoms with E-state index >= 15 is 0 Å². The first-order valence-electron chi connectivity index (χ1n) is 18.2. The second kappa shape index (κ2) is 10.2. The van der Waals surface area contributed by atoms with E-state index in [-0.39, 0.29) is 0 Å². The molecule has 0 aliphatic heterocycles. The largest absolute Gasteiger partial charge is 0.456 e. The van der Waals surface area contributed by atoms with Crippen LogP contribution in [-0.4, -0.2) is 0 Å². The summed E-state index contributed by atoms with van der Waals surface area (Å²) >= 11 is 0. The predicted octanol–water partition coefficient (Wildman–Crippen LogP) is 14.9. The van der Waals surface area contributed by atoms with Gasteiger partial charge in [-0.05, 0) is 69.1 Å². The van der Waals surface area contributed by atoms with E-state index < -0.39 is 0 Å². The first-order valence-corrected chi connectivity index (χ1v) is 18.2. The van der Waals surface area contributed by atoms with E-state index in [0.717, 1.165) is 110 Å². The molecule has 9 aromatic carbocycles. The number of furan rings is 4. The highest BCUT2D eigenvalue weighted by atomic mass is 16.3. The lowest BCUT2D eigenvalue weighted by Gasteiger charge is -2.08. The van der Waals surface area contributed by atoms with Gasteiger partial charge in [0.05, 0.1) is 0 Å². The highest BCUT2D eigenvalue weighted by Crippen LogP contribution is 2.49. The fourth-order valence-electron chi connectivity index (χ4n) is 9.12. The van der Waals surface area contributed by atoms with Crippen LogP contribution in [0.5, 0.6) is 0 Å². The van der Waals surface area contributed by atoms with E-state index in [0.29, 0.717) is 0 Å². The summed E-state index contributed by atoms with van der Waals surface area (Å²) < 4.78 is 27.3. The van der Waals surface area contributed by atoms with Crippen LogP contribution < -0.4 is 0 Å². The van der Waals surface area contributed by atoms with Gasteiger partial charge in [0.25, 0.3) is 0 Å². The van der Waals surface area contributed by atoms with Gasteiger partial charge in [-0.15, -0.1) is 0 Å². The molecule has 54 heavy (non-hydrogen) atoms. The Kier molecular flexibility index (Phi) is 5.34. The molecule has 0 saturated carbocycles. The Morgan fingerprint density at radius 1 is 0.241 bits per heavy atom. The fourth-order valence-corrected chi connectivity index (χ4v) is 9.12. The van der Waals surface area contributed by atoms with Crippen molar-refractivity contribution in [3.63, 3.8) is 0 Å². The van der Waals surface area contributed by atoms with Gasteiger partial charge < -0.3 is 17.7 Å². The summed E-state index contributed by atoms with van der Waals surface area (Å²) in [6.07, 6.45) is 0. The summed E-state index contributed by atoms with van der Waals surface area (Å²) in [6.45, 7) is 0. The molecule has 0 aliphatic carbocycles. The Morgan fingerprint density at radius 2 is 0.648 bits per heavy atom. The van der Waals surface area contributed by atoms with Crippen LogP contribution in [0.2, 0.25) is 0 Å². The van der Waals surface area contributed by atoms with Crippen molar-refractivity contribution in [1.29, 1.82) is 0 Å². The molecule has 0 bridgehead atoms. The standard InChI is InChI=1S/C50H26O4/c1-3-15-29-27(11-1)13-9-19-31(29)35-23-43-45(47-33-17-5-7-21-39(33)53-49(35)47)37-25-42-38(26-41(37)51-43)46-44(52-42)24-36(32-20-10-14-28-12-2-4-16-30(28)32)50-48(46)34-18-6-8-22-40(34)54-50/h1-26H. The van der Waals surface area contributed by atoms with Crippen molar-refractivity contribution >= 4 is 109 Å². The van der Waals surface area contributed by atoms with Crippen LogP contribution in [0.4, 0.5) is 0 Å². The van der Waals surface area contributed by atoms with Crippen LogP contribution in [0.3, 0.4) is 0 Å². The third-order valence-corrected chi connectivity index (χ3v) is 11.4. The minimum atomic E-state index is 0.793. The van der Waals surface area contributed by atoms with Crippen molar-refractivity contribution in [2.45, 2.75) is 0 Å². The lowest BCUT2D eigenvalue weighted by Crippen LogP contribution is -1.83. The summed E-state index contributed by atoms with van der Waals surface area (Å²) in [5.74, 6) is 0. The Labute approximate surface area is 306 Å². The molecule has 0 atom stereocenters. The van der Waals surface area contributed by atoms with Gasteiger partial charge in [-0.3, -0.25) is 0 Å². The number of benzene rings is 9. The molecular formula is C50H26O4. The average Bonchev–Trinajstić information content (AvgIpc) is 3.98. The lowest BCUT2D eigenvalue weighted by atomic mass is 9.94. The molecule has 0 amide bonds. The summed E-state index contributed by atoms with van der Waals surface area (Å²) in [6, 6.07) is 55.0. The topological polar surface area (TPSA) is 52.6 Å². The monoisotopic (exact) mass is 690 g/mol. The van der Waals surface area contributed by atoms with Gasteiger partial charge in [0.15, 0.2) is 0 Å². The van der Waals surface area contributed by atoms with Crippen molar-refractivity contribution in [3.05, 3.63) is 158 Å². The number of para-hydroxylation sites is 2. The first-order chi connectivity index (χ1) is 26.8. The highest BCUT2D eigenvalue weighted by Gasteiger charge is 2.25. The third kappa shape index (κ3) is 3.66. The van der Waals surface area contributed by atoms with Gasteiger partial charge >= 0.3 is 0 Å². The predicted molar refractivity (Wildman–Crippen MR) is 221 cm³/mol. The molecule has 0 N–H and O–H groups in total. The van der Waals surface area contributed by atoms with E-state index in [4.69, 9.17) is 17.7 Å². The van der Waals surface area contributed by atoms with Crippen molar-refractivity contribution in [2.75, 3.05) is 0 Å². The quantitative estimate of drug-likeness (QED) is 0.181. The van der Waals surface area contributed by atoms with Crippen LogP contribution in [-0.2, 0) is 0 Å². The van der Waals surface area contributed by atoms with E-state index in [1.54, 1.807) is 0 Å². The van der Waals surface area contributed by atoms with Crippen LogP contribution in [0.25, 0.3) is 132 Å². The van der Waals surface area contributed by atoms with Crippen molar-refractivity contribution in [1.82, 2.24) is 0 Å². The summed E-state index contributed by atoms with van der Waals surface area (Å²) in [5.41, 5.74) is 10.8. The summed E-state index contributed by atoms with van der Waals surface area (Å²) in [4.78, 5) is 0. The third-order valence-electron chi connectivity index (χ3n) is 11.4. The molecule has 0 radical (unpaired) electrons. The SMILES string of the molecule is c1ccc2c(-c3cc4oc5cc6c(cc5c4c4c3oc3ccccc34)oc3cc(-c4cccc5ccccc45)c4oc5ccccc5c4c36)cccc2c1. The molecule has 0 aliphatic rings. The molecule has 4 nitrogen and oxygen atoms in total. The highest BCUT2D eigenvalue weighted by molar-refractivity contribution is 6.33. The second-order valence-electron chi connectivity index (χ2n) is 14.3. The van der Waals surface area contributed by atoms with Gasteiger partial charge in [0.1, 0.15) is 44.7 Å². The fraction of sp³-hybridized carbons (Fsp3) is 0. The maximum Gasteiger partial charge on any atom is 0.144 e. The van der Waals surface area contributed by atoms with Gasteiger partial charge in [-0.25, -0.2) is 0 Å². The van der Waals surface area contributed by atoms with Gasteiger partial charge in [-0.1, -0.05) is 121 Å². The molecule has 4 aromatic heterocycles. The number of hydrogen-bond acceptors (Lipinski definition) is 4. The molecule has 0 saturated heterocycles. The van der Waals surface area contributed by atoms with Gasteiger partial charge in [0.2, 0.25) is 0 Å². The Morgan fingerprint density at radius 3 is 1.13 bits per heavy atom. The minimum Gasteiger partial charge on any atom is -0.456 e. The first kappa shape index (κ1) is 28.3. The van der Waals surface area contributed by atoms with E-state index in [2.05, 4.69) is 133 Å². The molecule has 0 fully saturated rings. The maximum absolute atomic E-state index is 6.89. The summed E-state index contributed by atoms with van der Waals surface area (Å²) in [7, 11) is 0. The Balaban J connectivity index is 1.16.